The predicted octanol–water partition coefficient (Wildman–Crippen LogP) is 1.96. The van der Waals surface area contributed by atoms with E-state index in [4.69, 9.17) is 4.74 Å². The van der Waals surface area contributed by atoms with Crippen molar-refractivity contribution in [2.45, 2.75) is 57.7 Å². The molecule has 0 spiro atoms. The molecule has 2 amide bonds. The molecule has 190 valence electrons. The molecule has 0 aliphatic carbocycles. The zero-order chi connectivity index (χ0) is 25.6. The van der Waals surface area contributed by atoms with Crippen LogP contribution in [0.4, 0.5) is 0 Å². The lowest BCUT2D eigenvalue weighted by Crippen LogP contribution is -2.53. The molecule has 2 N–H and O–H groups in total. The second-order valence-corrected chi connectivity index (χ2v) is 11.1. The molecular weight excluding hydrogens is 508 g/mol. The molecule has 2 aliphatic rings. The molecule has 4 bridgehead atoms. The van der Waals surface area contributed by atoms with Crippen molar-refractivity contribution in [2.24, 2.45) is 10.9 Å². The Labute approximate surface area is 218 Å². The predicted molar refractivity (Wildman–Crippen MR) is 140 cm³/mol. The van der Waals surface area contributed by atoms with Gasteiger partial charge < -0.3 is 15.4 Å². The molecule has 3 atom stereocenters. The average Bonchev–Trinajstić information content (AvgIpc) is 3.45. The molecular formula is C23H30N4O5S3. The minimum absolute atomic E-state index is 0.0139. The molecule has 0 fully saturated rings. The summed E-state index contributed by atoms with van der Waals surface area (Å²) in [6.45, 7) is 5.57. The molecule has 12 heteroatoms. The van der Waals surface area contributed by atoms with Crippen molar-refractivity contribution in [3.63, 3.8) is 0 Å². The van der Waals surface area contributed by atoms with Crippen molar-refractivity contribution in [2.75, 3.05) is 18.1 Å². The normalized spacial score (nSPS) is 26.0. The Balaban J connectivity index is 1.86. The standard InChI is InChI=1S/C23H30N4O5S3/c1-13(2)19-21(30)32-15(5-4-8-24-17(29)10-33)9-14(28)6-7-18-25-16(11-34-18)20-27-23(3,12-35-20)22(31)26-19/h4-5,11,13,15,19,33H,6-10,12H2,1-3H3,(H,24,29)(H,26,31)/b5-4+/t15-,19+,23+/m1/s1. The molecule has 1 aromatic rings. The summed E-state index contributed by atoms with van der Waals surface area (Å²) >= 11 is 6.81. The van der Waals surface area contributed by atoms with Gasteiger partial charge in [0.2, 0.25) is 11.8 Å². The second-order valence-electron chi connectivity index (χ2n) is 8.91. The molecule has 0 radical (unpaired) electrons. The highest BCUT2D eigenvalue weighted by Crippen LogP contribution is 2.32. The number of cyclic esters (lactones) is 1. The van der Waals surface area contributed by atoms with Gasteiger partial charge in [0, 0.05) is 36.9 Å². The Morgan fingerprint density at radius 2 is 2.14 bits per heavy atom. The van der Waals surface area contributed by atoms with E-state index in [0.717, 1.165) is 5.01 Å². The molecule has 0 unspecified atom stereocenters. The Morgan fingerprint density at radius 1 is 1.37 bits per heavy atom. The van der Waals surface area contributed by atoms with Gasteiger partial charge in [-0.15, -0.1) is 23.1 Å². The first kappa shape index (κ1) is 27.4. The van der Waals surface area contributed by atoms with Crippen LogP contribution in [0.3, 0.4) is 0 Å². The summed E-state index contributed by atoms with van der Waals surface area (Å²) in [6, 6.07) is -0.905. The van der Waals surface area contributed by atoms with Crippen molar-refractivity contribution in [3.05, 3.63) is 28.2 Å². The fraction of sp³-hybridized carbons (Fsp3) is 0.565. The summed E-state index contributed by atoms with van der Waals surface area (Å²) < 4.78 is 5.68. The van der Waals surface area contributed by atoms with Gasteiger partial charge in [0.1, 0.15) is 34.2 Å². The maximum Gasteiger partial charge on any atom is 0.329 e. The highest BCUT2D eigenvalue weighted by molar-refractivity contribution is 8.14. The van der Waals surface area contributed by atoms with Gasteiger partial charge >= 0.3 is 5.97 Å². The van der Waals surface area contributed by atoms with Crippen LogP contribution in [0.1, 0.15) is 44.3 Å². The zero-order valence-corrected chi connectivity index (χ0v) is 22.4. The number of carbonyl (C=O) groups is 4. The Kier molecular flexibility index (Phi) is 9.54. The van der Waals surface area contributed by atoms with Gasteiger partial charge in [-0.3, -0.25) is 19.4 Å². The van der Waals surface area contributed by atoms with Crippen LogP contribution in [0.2, 0.25) is 0 Å². The van der Waals surface area contributed by atoms with Crippen LogP contribution in [0.25, 0.3) is 0 Å². The first-order valence-electron chi connectivity index (χ1n) is 11.4. The minimum Gasteiger partial charge on any atom is -0.456 e. The number of esters is 1. The number of carbonyl (C=O) groups excluding carboxylic acids is 4. The number of aryl methyl sites for hydroxylation is 1. The lowest BCUT2D eigenvalue weighted by atomic mass is 10.00. The van der Waals surface area contributed by atoms with Gasteiger partial charge in [0.15, 0.2) is 0 Å². The van der Waals surface area contributed by atoms with Gasteiger partial charge in [-0.1, -0.05) is 19.9 Å². The quantitative estimate of drug-likeness (QED) is 0.297. The topological polar surface area (TPSA) is 127 Å². The number of Topliss-reactive ketones (excluding diaryl/α,β-unsaturated/α-hetero) is 1. The Morgan fingerprint density at radius 3 is 2.86 bits per heavy atom. The molecule has 1 aromatic heterocycles. The van der Waals surface area contributed by atoms with E-state index >= 15 is 0 Å². The summed E-state index contributed by atoms with van der Waals surface area (Å²) in [4.78, 5) is 59.6. The summed E-state index contributed by atoms with van der Waals surface area (Å²) in [6.07, 6.45) is 3.10. The number of aliphatic imine (C=N–C) groups is 1. The van der Waals surface area contributed by atoms with E-state index in [9.17, 15) is 19.2 Å². The fourth-order valence-electron chi connectivity index (χ4n) is 3.46. The summed E-state index contributed by atoms with van der Waals surface area (Å²) in [5.74, 6) is -1.06. The number of thiol groups is 1. The molecule has 3 heterocycles. The number of thioether (sulfide) groups is 1. The van der Waals surface area contributed by atoms with Crippen molar-refractivity contribution in [1.82, 2.24) is 15.6 Å². The van der Waals surface area contributed by atoms with Crippen LogP contribution >= 0.6 is 35.7 Å². The van der Waals surface area contributed by atoms with Crippen LogP contribution in [-0.2, 0) is 30.3 Å². The lowest BCUT2D eigenvalue weighted by molar-refractivity contribution is -0.153. The van der Waals surface area contributed by atoms with Gasteiger partial charge in [-0.2, -0.15) is 12.6 Å². The third-order valence-electron chi connectivity index (χ3n) is 5.53. The number of rotatable bonds is 5. The van der Waals surface area contributed by atoms with Crippen molar-refractivity contribution in [1.29, 1.82) is 0 Å². The number of nitrogens with zero attached hydrogens (tertiary/aromatic N) is 2. The van der Waals surface area contributed by atoms with Crippen molar-refractivity contribution < 1.29 is 23.9 Å². The fourth-order valence-corrected chi connectivity index (χ4v) is 5.56. The Bertz CT molecular complexity index is 1040. The average molecular weight is 539 g/mol. The number of hydrogen-bond donors (Lipinski definition) is 3. The van der Waals surface area contributed by atoms with Crippen molar-refractivity contribution >= 4 is 64.3 Å². The lowest BCUT2D eigenvalue weighted by Gasteiger charge is -2.27. The third-order valence-corrected chi connectivity index (χ3v) is 8.01. The minimum atomic E-state index is -1.03. The van der Waals surface area contributed by atoms with E-state index in [1.54, 1.807) is 19.1 Å². The molecule has 3 rings (SSSR count). The largest absolute Gasteiger partial charge is 0.456 e. The third kappa shape index (κ3) is 7.40. The number of ether oxygens (including phenoxy) is 1. The van der Waals surface area contributed by atoms with E-state index in [-0.39, 0.29) is 48.7 Å². The molecule has 9 nitrogen and oxygen atoms in total. The van der Waals surface area contributed by atoms with Crippen molar-refractivity contribution in [3.8, 4) is 0 Å². The number of hydrogen-bond acceptors (Lipinski definition) is 10. The highest BCUT2D eigenvalue weighted by atomic mass is 32.2. The Hall–Kier alpha value is -2.18. The van der Waals surface area contributed by atoms with Gasteiger partial charge in [-0.25, -0.2) is 9.78 Å². The van der Waals surface area contributed by atoms with E-state index < -0.39 is 23.7 Å². The monoisotopic (exact) mass is 538 g/mol. The number of nitrogens with one attached hydrogen (secondary N) is 2. The van der Waals surface area contributed by atoms with Crippen LogP contribution in [-0.4, -0.2) is 69.3 Å². The summed E-state index contributed by atoms with van der Waals surface area (Å²) in [5.41, 5.74) is -0.329. The molecule has 0 saturated heterocycles. The first-order valence-corrected chi connectivity index (χ1v) is 13.9. The van der Waals surface area contributed by atoms with Crippen LogP contribution in [0.5, 0.6) is 0 Å². The van der Waals surface area contributed by atoms with Crippen LogP contribution in [0, 0.1) is 5.92 Å². The van der Waals surface area contributed by atoms with Gasteiger partial charge in [-0.05, 0) is 18.9 Å². The smallest absolute Gasteiger partial charge is 0.329 e. The maximum absolute atomic E-state index is 13.2. The van der Waals surface area contributed by atoms with Gasteiger partial charge in [0.25, 0.3) is 0 Å². The molecule has 0 aromatic carbocycles. The zero-order valence-electron chi connectivity index (χ0n) is 19.9. The summed E-state index contributed by atoms with van der Waals surface area (Å²) in [5, 5.41) is 8.83. The number of amides is 2. The van der Waals surface area contributed by atoms with E-state index in [2.05, 4.69) is 33.2 Å². The summed E-state index contributed by atoms with van der Waals surface area (Å²) in [7, 11) is 0. The van der Waals surface area contributed by atoms with Gasteiger partial charge in [0.05, 0.1) is 10.8 Å². The SMILES string of the molecule is CC(C)[C@@H]1NC(=O)[C@]2(C)CSC(=N2)c2csc(n2)CCC(=O)C[C@@H](/C=C/CNC(=O)CS)OC1=O. The maximum atomic E-state index is 13.2. The van der Waals surface area contributed by atoms with E-state index in [0.29, 0.717) is 22.9 Å². The molecule has 2 aliphatic heterocycles. The molecule has 35 heavy (non-hydrogen) atoms. The van der Waals surface area contributed by atoms with Crippen LogP contribution < -0.4 is 10.6 Å². The first-order chi connectivity index (χ1) is 16.6. The number of thiazole rings is 1. The second kappa shape index (κ2) is 12.2. The highest BCUT2D eigenvalue weighted by Gasteiger charge is 2.41. The van der Waals surface area contributed by atoms with E-state index in [1.807, 2.05) is 19.2 Å². The van der Waals surface area contributed by atoms with Crippen LogP contribution in [0.15, 0.2) is 22.5 Å². The molecule has 0 saturated carbocycles. The van der Waals surface area contributed by atoms with E-state index in [1.165, 1.54) is 23.1 Å². The number of fused-ring (bicyclic) bond motifs is 4. The number of aromatic nitrogens is 1. The number of ketones is 1.